The van der Waals surface area contributed by atoms with Crippen LogP contribution >= 0.6 is 0 Å². The molecular weight excluding hydrogens is 265 g/mol. The molecule has 0 aromatic rings. The van der Waals surface area contributed by atoms with Crippen LogP contribution in [0.25, 0.3) is 0 Å². The van der Waals surface area contributed by atoms with E-state index in [0.29, 0.717) is 0 Å². The first-order valence-electron chi connectivity index (χ1n) is 5.86. The standard InChI is InChI=1S/C12H23NSeSi/c1-5-8-11(15(2,3)4)12(14)13-9-6-7-10-13/h5,11H,1,6-10H2,2-4H3. The Hall–Kier alpha value is 0.146. The fourth-order valence-electron chi connectivity index (χ4n) is 2.15. The van der Waals surface area contributed by atoms with Crippen molar-refractivity contribution in [3.8, 4) is 0 Å². The average molecular weight is 288 g/mol. The van der Waals surface area contributed by atoms with Crippen molar-refractivity contribution in [2.24, 2.45) is 0 Å². The van der Waals surface area contributed by atoms with Crippen LogP contribution in [0.2, 0.25) is 25.2 Å². The quantitative estimate of drug-likeness (QED) is 0.555. The fraction of sp³-hybridized carbons (Fsp3) is 0.750. The van der Waals surface area contributed by atoms with Crippen molar-refractivity contribution < 1.29 is 0 Å². The Morgan fingerprint density at radius 2 is 1.93 bits per heavy atom. The van der Waals surface area contributed by atoms with Gasteiger partial charge in [0, 0.05) is 0 Å². The van der Waals surface area contributed by atoms with Crippen LogP contribution in [-0.4, -0.2) is 46.2 Å². The van der Waals surface area contributed by atoms with E-state index in [9.17, 15) is 0 Å². The van der Waals surface area contributed by atoms with Crippen LogP contribution in [0.5, 0.6) is 0 Å². The number of rotatable bonds is 5. The molecule has 0 saturated carbocycles. The van der Waals surface area contributed by atoms with E-state index in [2.05, 4.69) is 52.8 Å². The van der Waals surface area contributed by atoms with Gasteiger partial charge >= 0.3 is 103 Å². The molecule has 0 amide bonds. The second kappa shape index (κ2) is 5.47. The zero-order valence-electron chi connectivity index (χ0n) is 10.3. The molecule has 0 bridgehead atoms. The third-order valence-corrected chi connectivity index (χ3v) is 7.37. The minimum atomic E-state index is -1.12. The topological polar surface area (TPSA) is 3.24 Å². The SMILES string of the molecule is C=CCC(C(=[Se])N1CCCC1)[Si](C)(C)C. The number of hydrogen-bond acceptors (Lipinski definition) is 1. The molecule has 1 fully saturated rings. The zero-order valence-corrected chi connectivity index (χ0v) is 13.0. The molecular formula is C12H23NSeSi. The molecule has 0 N–H and O–H groups in total. The van der Waals surface area contributed by atoms with Gasteiger partial charge in [0.05, 0.1) is 0 Å². The molecule has 0 aliphatic carbocycles. The van der Waals surface area contributed by atoms with Gasteiger partial charge in [-0.1, -0.05) is 0 Å². The molecule has 0 aromatic carbocycles. The molecule has 1 heterocycles. The molecule has 1 unspecified atom stereocenters. The van der Waals surface area contributed by atoms with E-state index >= 15 is 0 Å². The van der Waals surface area contributed by atoms with Crippen molar-refractivity contribution in [3.63, 3.8) is 0 Å². The first-order chi connectivity index (χ1) is 6.96. The summed E-state index contributed by atoms with van der Waals surface area (Å²) in [5, 5.41) is 0. The Morgan fingerprint density at radius 3 is 2.33 bits per heavy atom. The van der Waals surface area contributed by atoms with Crippen molar-refractivity contribution in [1.29, 1.82) is 0 Å². The van der Waals surface area contributed by atoms with Crippen LogP contribution in [-0.2, 0) is 0 Å². The van der Waals surface area contributed by atoms with Crippen molar-refractivity contribution in [3.05, 3.63) is 12.7 Å². The van der Waals surface area contributed by atoms with Crippen LogP contribution in [0.1, 0.15) is 19.3 Å². The molecule has 1 aliphatic rings. The third-order valence-electron chi connectivity index (χ3n) is 3.16. The molecule has 0 spiro atoms. The zero-order chi connectivity index (χ0) is 11.5. The van der Waals surface area contributed by atoms with E-state index in [0.717, 1.165) is 12.0 Å². The molecule has 1 nitrogen and oxygen atoms in total. The number of allylic oxidation sites excluding steroid dienone is 1. The van der Waals surface area contributed by atoms with Crippen molar-refractivity contribution in [2.45, 2.75) is 44.4 Å². The maximum atomic E-state index is 3.90. The van der Waals surface area contributed by atoms with Crippen LogP contribution in [0.3, 0.4) is 0 Å². The molecule has 3 heteroatoms. The van der Waals surface area contributed by atoms with Gasteiger partial charge in [-0.25, -0.2) is 0 Å². The Labute approximate surface area is 103 Å². The van der Waals surface area contributed by atoms with Gasteiger partial charge < -0.3 is 0 Å². The molecule has 1 rings (SSSR count). The molecule has 15 heavy (non-hydrogen) atoms. The summed E-state index contributed by atoms with van der Waals surface area (Å²) in [4.78, 5) is 2.55. The van der Waals surface area contributed by atoms with Gasteiger partial charge in [-0.15, -0.1) is 0 Å². The monoisotopic (exact) mass is 289 g/mol. The van der Waals surface area contributed by atoms with Crippen LogP contribution < -0.4 is 0 Å². The van der Waals surface area contributed by atoms with E-state index < -0.39 is 8.07 Å². The summed E-state index contributed by atoms with van der Waals surface area (Å²) < 4.78 is 1.51. The van der Waals surface area contributed by atoms with Gasteiger partial charge in [0.25, 0.3) is 0 Å². The maximum absolute atomic E-state index is 3.90. The van der Waals surface area contributed by atoms with Gasteiger partial charge in [0.15, 0.2) is 0 Å². The van der Waals surface area contributed by atoms with E-state index in [-0.39, 0.29) is 0 Å². The second-order valence-corrected chi connectivity index (χ2v) is 11.8. The Kier molecular flexibility index (Phi) is 4.82. The Balaban J connectivity index is 2.70. The number of nitrogens with zero attached hydrogens (tertiary/aromatic N) is 1. The fourth-order valence-corrected chi connectivity index (χ4v) is 6.76. The average Bonchev–Trinajstić information content (AvgIpc) is 2.63. The van der Waals surface area contributed by atoms with Crippen molar-refractivity contribution >= 4 is 28.2 Å². The van der Waals surface area contributed by atoms with Crippen LogP contribution in [0, 0.1) is 0 Å². The first kappa shape index (κ1) is 13.2. The van der Waals surface area contributed by atoms with Crippen molar-refractivity contribution in [1.82, 2.24) is 4.90 Å². The van der Waals surface area contributed by atoms with Gasteiger partial charge in [-0.3, -0.25) is 0 Å². The molecule has 86 valence electrons. The minimum absolute atomic E-state index is 0.730. The summed E-state index contributed by atoms with van der Waals surface area (Å²) in [6, 6.07) is 0. The summed E-state index contributed by atoms with van der Waals surface area (Å²) in [6.07, 6.45) is 5.93. The number of likely N-dealkylation sites (tertiary alicyclic amines) is 1. The predicted molar refractivity (Wildman–Crippen MR) is 73.5 cm³/mol. The molecule has 0 aromatic heterocycles. The van der Waals surface area contributed by atoms with Gasteiger partial charge in [-0.2, -0.15) is 0 Å². The molecule has 0 radical (unpaired) electrons. The van der Waals surface area contributed by atoms with Crippen LogP contribution in [0.15, 0.2) is 12.7 Å². The Morgan fingerprint density at radius 1 is 1.40 bits per heavy atom. The molecule has 1 aliphatic heterocycles. The molecule has 1 saturated heterocycles. The summed E-state index contributed by atoms with van der Waals surface area (Å²) in [5.74, 6) is 0. The van der Waals surface area contributed by atoms with Crippen molar-refractivity contribution in [2.75, 3.05) is 13.1 Å². The van der Waals surface area contributed by atoms with E-state index in [1.165, 1.54) is 30.5 Å². The Bertz CT molecular complexity index is 238. The molecule has 1 atom stereocenters. The third kappa shape index (κ3) is 3.58. The van der Waals surface area contributed by atoms with E-state index in [1.54, 1.807) is 0 Å². The van der Waals surface area contributed by atoms with E-state index in [4.69, 9.17) is 0 Å². The van der Waals surface area contributed by atoms with Gasteiger partial charge in [-0.05, 0) is 0 Å². The first-order valence-corrected chi connectivity index (χ1v) is 10.3. The predicted octanol–water partition coefficient (Wildman–Crippen LogP) is 2.67. The second-order valence-electron chi connectivity index (χ2n) is 5.48. The van der Waals surface area contributed by atoms with Gasteiger partial charge in [0.1, 0.15) is 0 Å². The van der Waals surface area contributed by atoms with E-state index in [1.807, 2.05) is 0 Å². The summed E-state index contributed by atoms with van der Waals surface area (Å²) in [5.41, 5.74) is 0.730. The van der Waals surface area contributed by atoms with Crippen LogP contribution in [0.4, 0.5) is 0 Å². The summed E-state index contributed by atoms with van der Waals surface area (Å²) >= 11 is 3.34. The summed E-state index contributed by atoms with van der Waals surface area (Å²) in [6.45, 7) is 13.8. The van der Waals surface area contributed by atoms with Gasteiger partial charge in [0.2, 0.25) is 0 Å². The summed E-state index contributed by atoms with van der Waals surface area (Å²) in [7, 11) is -1.12. The number of hydrogen-bond donors (Lipinski definition) is 0. The normalized spacial score (nSPS) is 19.0.